The lowest BCUT2D eigenvalue weighted by molar-refractivity contribution is 0.300. The van der Waals surface area contributed by atoms with Gasteiger partial charge in [0.1, 0.15) is 11.8 Å². The second-order valence-electron chi connectivity index (χ2n) is 2.85. The van der Waals surface area contributed by atoms with E-state index in [1.165, 1.54) is 19.3 Å². The summed E-state index contributed by atoms with van der Waals surface area (Å²) in [5, 5.41) is 12.1. The molecule has 0 radical (unpaired) electrons. The van der Waals surface area contributed by atoms with E-state index < -0.39 is 0 Å². The van der Waals surface area contributed by atoms with Gasteiger partial charge < -0.3 is 4.52 Å². The molecule has 2 rings (SSSR count). The quantitative estimate of drug-likeness (QED) is 0.610. The van der Waals surface area contributed by atoms with Gasteiger partial charge in [0.2, 0.25) is 0 Å². The first-order valence-electron chi connectivity index (χ1n) is 3.77. The largest absolute Gasteiger partial charge is 0.360 e. The van der Waals surface area contributed by atoms with Crippen molar-refractivity contribution in [1.29, 1.82) is 5.26 Å². The highest BCUT2D eigenvalue weighted by Gasteiger charge is 2.23. The third kappa shape index (κ3) is 1.01. The van der Waals surface area contributed by atoms with E-state index >= 15 is 0 Å². The van der Waals surface area contributed by atoms with Crippen molar-refractivity contribution in [2.24, 2.45) is 0 Å². The Balaban J connectivity index is 2.19. The zero-order valence-corrected chi connectivity index (χ0v) is 6.08. The molecule has 0 unspecified atom stereocenters. The van der Waals surface area contributed by atoms with Crippen molar-refractivity contribution in [3.8, 4) is 6.07 Å². The molecule has 0 N–H and O–H groups in total. The predicted octanol–water partition coefficient (Wildman–Crippen LogP) is 1.81. The van der Waals surface area contributed by atoms with E-state index in [0.29, 0.717) is 11.6 Å². The van der Waals surface area contributed by atoms with Crippen molar-refractivity contribution in [2.75, 3.05) is 0 Å². The molecule has 1 aromatic rings. The number of rotatable bonds is 1. The van der Waals surface area contributed by atoms with Crippen molar-refractivity contribution in [2.45, 2.75) is 25.2 Å². The summed E-state index contributed by atoms with van der Waals surface area (Å²) in [5.74, 6) is 1.41. The summed E-state index contributed by atoms with van der Waals surface area (Å²) in [6.07, 6.45) is 3.63. The Morgan fingerprint density at radius 1 is 1.64 bits per heavy atom. The van der Waals surface area contributed by atoms with Gasteiger partial charge in [-0.3, -0.25) is 0 Å². The highest BCUT2D eigenvalue weighted by Crippen LogP contribution is 2.36. The van der Waals surface area contributed by atoms with Crippen LogP contribution in [0.25, 0.3) is 0 Å². The normalized spacial score (nSPS) is 17.4. The maximum Gasteiger partial charge on any atom is 0.183 e. The molecule has 1 aromatic heterocycles. The molecule has 0 atom stereocenters. The van der Waals surface area contributed by atoms with Crippen LogP contribution in [0.5, 0.6) is 0 Å². The molecular weight excluding hydrogens is 140 g/mol. The van der Waals surface area contributed by atoms with Gasteiger partial charge in [0, 0.05) is 12.0 Å². The Morgan fingerprint density at radius 2 is 2.45 bits per heavy atom. The lowest BCUT2D eigenvalue weighted by atomic mass is 9.83. The van der Waals surface area contributed by atoms with Crippen molar-refractivity contribution >= 4 is 0 Å². The average Bonchev–Trinajstić information content (AvgIpc) is 2.32. The average molecular weight is 148 g/mol. The van der Waals surface area contributed by atoms with E-state index in [-0.39, 0.29) is 0 Å². The highest BCUT2D eigenvalue weighted by atomic mass is 16.5. The van der Waals surface area contributed by atoms with Crippen molar-refractivity contribution in [3.63, 3.8) is 0 Å². The fourth-order valence-electron chi connectivity index (χ4n) is 1.23. The van der Waals surface area contributed by atoms with Crippen LogP contribution in [0.15, 0.2) is 10.6 Å². The molecule has 0 aromatic carbocycles. The minimum Gasteiger partial charge on any atom is -0.360 e. The molecule has 0 saturated heterocycles. The van der Waals surface area contributed by atoms with Gasteiger partial charge in [-0.05, 0) is 12.8 Å². The molecule has 0 aliphatic heterocycles. The molecular formula is C8H8N2O. The zero-order valence-electron chi connectivity index (χ0n) is 6.08. The van der Waals surface area contributed by atoms with Crippen molar-refractivity contribution in [1.82, 2.24) is 5.16 Å². The smallest absolute Gasteiger partial charge is 0.183 e. The minimum absolute atomic E-state index is 0.395. The molecule has 1 aliphatic carbocycles. The summed E-state index contributed by atoms with van der Waals surface area (Å²) in [6.45, 7) is 0. The zero-order chi connectivity index (χ0) is 7.68. The van der Waals surface area contributed by atoms with E-state index in [2.05, 4.69) is 5.16 Å². The Bertz CT molecular complexity index is 293. The SMILES string of the molecule is N#Cc1cc(C2CCC2)on1. The van der Waals surface area contributed by atoms with Gasteiger partial charge in [0.15, 0.2) is 5.69 Å². The summed E-state index contributed by atoms with van der Waals surface area (Å²) in [7, 11) is 0. The van der Waals surface area contributed by atoms with E-state index in [4.69, 9.17) is 9.78 Å². The Kier molecular flexibility index (Phi) is 1.39. The third-order valence-corrected chi connectivity index (χ3v) is 2.15. The second kappa shape index (κ2) is 2.39. The van der Waals surface area contributed by atoms with Gasteiger partial charge in [0.25, 0.3) is 0 Å². The topological polar surface area (TPSA) is 49.8 Å². The first-order chi connectivity index (χ1) is 5.40. The minimum atomic E-state index is 0.395. The first-order valence-corrected chi connectivity index (χ1v) is 3.77. The molecule has 1 fully saturated rings. The van der Waals surface area contributed by atoms with Gasteiger partial charge in [-0.1, -0.05) is 11.6 Å². The van der Waals surface area contributed by atoms with E-state index in [9.17, 15) is 0 Å². The van der Waals surface area contributed by atoms with Crippen LogP contribution in [0, 0.1) is 11.3 Å². The van der Waals surface area contributed by atoms with Gasteiger partial charge in [-0.15, -0.1) is 0 Å². The molecule has 1 heterocycles. The fraction of sp³-hybridized carbons (Fsp3) is 0.500. The molecule has 3 nitrogen and oxygen atoms in total. The third-order valence-electron chi connectivity index (χ3n) is 2.15. The number of nitrogens with zero attached hydrogens (tertiary/aromatic N) is 2. The summed E-state index contributed by atoms with van der Waals surface area (Å²) < 4.78 is 4.99. The van der Waals surface area contributed by atoms with Gasteiger partial charge in [-0.2, -0.15) is 5.26 Å². The standard InChI is InChI=1S/C8H8N2O/c9-5-7-4-8(11-10-7)6-2-1-3-6/h4,6H,1-3H2. The molecule has 1 saturated carbocycles. The van der Waals surface area contributed by atoms with E-state index in [0.717, 1.165) is 5.76 Å². The van der Waals surface area contributed by atoms with Gasteiger partial charge in [-0.25, -0.2) is 0 Å². The summed E-state index contributed by atoms with van der Waals surface area (Å²) in [5.41, 5.74) is 0.395. The molecule has 11 heavy (non-hydrogen) atoms. The Labute approximate surface area is 64.6 Å². The maximum absolute atomic E-state index is 8.45. The number of hydrogen-bond acceptors (Lipinski definition) is 3. The fourth-order valence-corrected chi connectivity index (χ4v) is 1.23. The summed E-state index contributed by atoms with van der Waals surface area (Å²) in [6, 6.07) is 3.69. The molecule has 0 bridgehead atoms. The predicted molar refractivity (Wildman–Crippen MR) is 37.8 cm³/mol. The summed E-state index contributed by atoms with van der Waals surface area (Å²) in [4.78, 5) is 0. The molecule has 1 aliphatic rings. The van der Waals surface area contributed by atoms with Crippen LogP contribution in [0.4, 0.5) is 0 Å². The Morgan fingerprint density at radius 3 is 2.91 bits per heavy atom. The van der Waals surface area contributed by atoms with Crippen LogP contribution in [-0.2, 0) is 0 Å². The molecule has 3 heteroatoms. The van der Waals surface area contributed by atoms with E-state index in [1.54, 1.807) is 6.07 Å². The lowest BCUT2D eigenvalue weighted by Crippen LogP contribution is -2.07. The van der Waals surface area contributed by atoms with E-state index in [1.807, 2.05) is 6.07 Å². The van der Waals surface area contributed by atoms with Gasteiger partial charge in [0.05, 0.1) is 0 Å². The molecule has 0 spiro atoms. The summed E-state index contributed by atoms with van der Waals surface area (Å²) >= 11 is 0. The van der Waals surface area contributed by atoms with Crippen LogP contribution in [0.2, 0.25) is 0 Å². The van der Waals surface area contributed by atoms with Crippen LogP contribution >= 0.6 is 0 Å². The second-order valence-corrected chi connectivity index (χ2v) is 2.85. The maximum atomic E-state index is 8.45. The Hall–Kier alpha value is -1.30. The first kappa shape index (κ1) is 6.41. The van der Waals surface area contributed by atoms with Crippen molar-refractivity contribution < 1.29 is 4.52 Å². The van der Waals surface area contributed by atoms with Crippen LogP contribution in [-0.4, -0.2) is 5.16 Å². The number of aromatic nitrogens is 1. The number of hydrogen-bond donors (Lipinski definition) is 0. The van der Waals surface area contributed by atoms with Crippen LogP contribution < -0.4 is 0 Å². The van der Waals surface area contributed by atoms with Gasteiger partial charge >= 0.3 is 0 Å². The van der Waals surface area contributed by atoms with Crippen LogP contribution in [0.3, 0.4) is 0 Å². The lowest BCUT2D eigenvalue weighted by Gasteiger charge is -2.21. The highest BCUT2D eigenvalue weighted by molar-refractivity contribution is 5.22. The van der Waals surface area contributed by atoms with Crippen molar-refractivity contribution in [3.05, 3.63) is 17.5 Å². The molecule has 0 amide bonds. The van der Waals surface area contributed by atoms with Crippen LogP contribution in [0.1, 0.15) is 36.6 Å². The number of nitriles is 1. The monoisotopic (exact) mass is 148 g/mol. The molecule has 56 valence electrons.